The highest BCUT2D eigenvalue weighted by molar-refractivity contribution is 7.13. The molecule has 256 valence electrons. The molecule has 0 saturated heterocycles. The topological polar surface area (TPSA) is 113 Å². The Balaban J connectivity index is 1.03. The molecule has 5 rings (SSSR count). The summed E-state index contributed by atoms with van der Waals surface area (Å²) in [5.74, 6) is 1.19. The van der Waals surface area contributed by atoms with E-state index in [4.69, 9.17) is 9.47 Å². The largest absolute Gasteiger partial charge is 0.508 e. The van der Waals surface area contributed by atoms with E-state index in [0.717, 1.165) is 64.4 Å². The normalized spacial score (nSPS) is 13.5. The molecule has 0 spiro atoms. The SMILES string of the molecule is CN(CCCCCCOc1ccc(-c2ccc(O)cc2)cc1)c1ccc(/C=C/c2ccc(/C=C/C3=C(C#N)C(=C(C#N)C#N)OC3(C)C)s2)cc1. The molecule has 0 amide bonds. The number of phenols is 1. The van der Waals surface area contributed by atoms with Crippen LogP contribution < -0.4 is 9.64 Å². The summed E-state index contributed by atoms with van der Waals surface area (Å²) < 4.78 is 11.8. The highest BCUT2D eigenvalue weighted by atomic mass is 32.1. The smallest absolute Gasteiger partial charge is 0.172 e. The van der Waals surface area contributed by atoms with Gasteiger partial charge in [-0.15, -0.1) is 11.3 Å². The van der Waals surface area contributed by atoms with Crippen LogP contribution in [0.1, 0.15) is 54.8 Å². The number of benzene rings is 3. The third-order valence-corrected chi connectivity index (χ3v) is 9.63. The lowest BCUT2D eigenvalue weighted by molar-refractivity contribution is 0.0954. The Morgan fingerprint density at radius 1 is 0.784 bits per heavy atom. The maximum atomic E-state index is 9.75. The fraction of sp³-hybridized carbons (Fsp3) is 0.233. The number of anilines is 1. The predicted molar refractivity (Wildman–Crippen MR) is 206 cm³/mol. The van der Waals surface area contributed by atoms with E-state index in [1.165, 1.54) is 5.69 Å². The van der Waals surface area contributed by atoms with E-state index in [2.05, 4.69) is 60.5 Å². The second kappa shape index (κ2) is 17.1. The van der Waals surface area contributed by atoms with E-state index in [1.54, 1.807) is 23.5 Å². The van der Waals surface area contributed by atoms with E-state index in [0.29, 0.717) is 12.2 Å². The molecule has 2 heterocycles. The van der Waals surface area contributed by atoms with Crippen molar-refractivity contribution < 1.29 is 14.6 Å². The minimum absolute atomic E-state index is 0.0451. The number of thiophene rings is 1. The van der Waals surface area contributed by atoms with Gasteiger partial charge in [0.1, 0.15) is 40.9 Å². The van der Waals surface area contributed by atoms with Crippen LogP contribution in [0.5, 0.6) is 11.5 Å². The number of rotatable bonds is 14. The van der Waals surface area contributed by atoms with E-state index < -0.39 is 5.60 Å². The van der Waals surface area contributed by atoms with Gasteiger partial charge in [-0.25, -0.2) is 0 Å². The minimum Gasteiger partial charge on any atom is -0.508 e. The van der Waals surface area contributed by atoms with Crippen LogP contribution in [-0.4, -0.2) is 30.9 Å². The number of phenolic OH excluding ortho intramolecular Hbond substituents is 1. The fourth-order valence-electron chi connectivity index (χ4n) is 5.73. The van der Waals surface area contributed by atoms with Crippen molar-refractivity contribution in [3.8, 4) is 40.8 Å². The highest BCUT2D eigenvalue weighted by Crippen LogP contribution is 2.40. The first-order valence-electron chi connectivity index (χ1n) is 16.9. The van der Waals surface area contributed by atoms with Crippen LogP contribution in [-0.2, 0) is 4.74 Å². The van der Waals surface area contributed by atoms with Crippen LogP contribution in [0.15, 0.2) is 113 Å². The van der Waals surface area contributed by atoms with Crippen LogP contribution in [0, 0.1) is 34.0 Å². The molecule has 7 nitrogen and oxygen atoms in total. The van der Waals surface area contributed by atoms with Gasteiger partial charge in [-0.3, -0.25) is 0 Å². The van der Waals surface area contributed by atoms with Crippen molar-refractivity contribution in [2.75, 3.05) is 25.1 Å². The maximum Gasteiger partial charge on any atom is 0.172 e. The molecule has 0 fully saturated rings. The number of hydrogen-bond donors (Lipinski definition) is 1. The molecule has 8 heteroatoms. The summed E-state index contributed by atoms with van der Waals surface area (Å²) in [7, 11) is 2.13. The van der Waals surface area contributed by atoms with Gasteiger partial charge in [0.05, 0.1) is 6.61 Å². The Morgan fingerprint density at radius 2 is 1.39 bits per heavy atom. The molecule has 0 unspecified atom stereocenters. The first-order valence-corrected chi connectivity index (χ1v) is 17.7. The maximum absolute atomic E-state index is 9.75. The molecule has 0 saturated carbocycles. The molecular formula is C43H40N4O3S. The molecule has 4 aromatic rings. The third kappa shape index (κ3) is 9.58. The van der Waals surface area contributed by atoms with Gasteiger partial charge in [0.25, 0.3) is 0 Å². The summed E-state index contributed by atoms with van der Waals surface area (Å²) in [6, 6.07) is 33.7. The molecule has 0 atom stereocenters. The van der Waals surface area contributed by atoms with Crippen molar-refractivity contribution in [2.45, 2.75) is 45.1 Å². The van der Waals surface area contributed by atoms with Crippen LogP contribution in [0.3, 0.4) is 0 Å². The molecule has 51 heavy (non-hydrogen) atoms. The van der Waals surface area contributed by atoms with Crippen molar-refractivity contribution >= 4 is 35.3 Å². The third-order valence-electron chi connectivity index (χ3n) is 8.61. The Morgan fingerprint density at radius 3 is 2.02 bits per heavy atom. The van der Waals surface area contributed by atoms with Crippen molar-refractivity contribution in [3.05, 3.63) is 129 Å². The average Bonchev–Trinajstić information content (AvgIpc) is 3.70. The molecule has 0 radical (unpaired) electrons. The van der Waals surface area contributed by atoms with Crippen LogP contribution in [0.25, 0.3) is 29.4 Å². The number of nitriles is 3. The van der Waals surface area contributed by atoms with Crippen molar-refractivity contribution in [1.82, 2.24) is 0 Å². The first-order chi connectivity index (χ1) is 24.7. The van der Waals surface area contributed by atoms with E-state index in [1.807, 2.05) is 80.6 Å². The Hall–Kier alpha value is -6.01. The van der Waals surface area contributed by atoms with E-state index >= 15 is 0 Å². The Bertz CT molecular complexity index is 2050. The lowest BCUT2D eigenvalue weighted by Gasteiger charge is -2.20. The molecule has 1 N–H and O–H groups in total. The highest BCUT2D eigenvalue weighted by Gasteiger charge is 2.38. The van der Waals surface area contributed by atoms with Crippen molar-refractivity contribution in [3.63, 3.8) is 0 Å². The lowest BCUT2D eigenvalue weighted by Crippen LogP contribution is -2.20. The summed E-state index contributed by atoms with van der Waals surface area (Å²) in [4.78, 5) is 4.40. The molecule has 3 aromatic carbocycles. The zero-order chi connectivity index (χ0) is 36.2. The molecule has 0 bridgehead atoms. The second-order valence-electron chi connectivity index (χ2n) is 12.7. The Kier molecular flexibility index (Phi) is 12.1. The quantitative estimate of drug-likeness (QED) is 0.103. The summed E-state index contributed by atoms with van der Waals surface area (Å²) in [5.41, 5.74) is 4.28. The monoisotopic (exact) mass is 692 g/mol. The van der Waals surface area contributed by atoms with Crippen LogP contribution in [0.4, 0.5) is 5.69 Å². The average molecular weight is 693 g/mol. The zero-order valence-corrected chi connectivity index (χ0v) is 29.9. The molecule has 1 aliphatic heterocycles. The number of ether oxygens (including phenoxy) is 2. The van der Waals surface area contributed by atoms with Crippen molar-refractivity contribution in [2.24, 2.45) is 0 Å². The summed E-state index contributed by atoms with van der Waals surface area (Å²) >= 11 is 1.62. The standard InChI is InChI=1S/C43H40N4O3S/c1-43(2)41(40(30-46)42(50-43)34(28-44)29-45)25-24-39-23-22-38(51-39)21-10-31-8-15-35(16-9-31)47(3)26-6-4-5-7-27-49-37-19-13-33(14-20-37)32-11-17-36(48)18-12-32/h8-25,48H,4-7,26-27H2,1-3H3/b21-10+,25-24+. The van der Waals surface area contributed by atoms with Gasteiger partial charge in [0, 0.05) is 34.6 Å². The number of nitrogens with zero attached hydrogens (tertiary/aromatic N) is 4. The van der Waals surface area contributed by atoms with Gasteiger partial charge in [-0.2, -0.15) is 15.8 Å². The zero-order valence-electron chi connectivity index (χ0n) is 29.1. The number of aromatic hydroxyl groups is 1. The summed E-state index contributed by atoms with van der Waals surface area (Å²) in [5, 5.41) is 37.8. The van der Waals surface area contributed by atoms with Crippen LogP contribution >= 0.6 is 11.3 Å². The number of hydrogen-bond acceptors (Lipinski definition) is 8. The van der Waals surface area contributed by atoms with Crippen LogP contribution in [0.2, 0.25) is 0 Å². The van der Waals surface area contributed by atoms with Gasteiger partial charge in [0.15, 0.2) is 11.3 Å². The first kappa shape index (κ1) is 36.3. The van der Waals surface area contributed by atoms with Gasteiger partial charge < -0.3 is 19.5 Å². The molecule has 0 aliphatic carbocycles. The number of unbranched alkanes of at least 4 members (excludes halogenated alkanes) is 3. The summed E-state index contributed by atoms with van der Waals surface area (Å²) in [6.07, 6.45) is 12.4. The van der Waals surface area contributed by atoms with Gasteiger partial charge in [-0.05, 0) is 104 Å². The van der Waals surface area contributed by atoms with Gasteiger partial charge >= 0.3 is 0 Å². The molecule has 1 aliphatic rings. The van der Waals surface area contributed by atoms with Crippen molar-refractivity contribution in [1.29, 1.82) is 15.8 Å². The molecular weight excluding hydrogens is 653 g/mol. The lowest BCUT2D eigenvalue weighted by atomic mass is 9.94. The Labute approximate surface area is 304 Å². The van der Waals surface area contributed by atoms with E-state index in [-0.39, 0.29) is 22.7 Å². The molecule has 1 aromatic heterocycles. The summed E-state index contributed by atoms with van der Waals surface area (Å²) in [6.45, 7) is 5.33. The van der Waals surface area contributed by atoms with Gasteiger partial charge in [-0.1, -0.05) is 61.4 Å². The second-order valence-corrected chi connectivity index (χ2v) is 13.8. The fourth-order valence-corrected chi connectivity index (χ4v) is 6.55. The minimum atomic E-state index is -0.835. The predicted octanol–water partition coefficient (Wildman–Crippen LogP) is 10.3. The number of allylic oxidation sites excluding steroid dienone is 2. The van der Waals surface area contributed by atoms with E-state index in [9.17, 15) is 20.9 Å². The van der Waals surface area contributed by atoms with Gasteiger partial charge in [0.2, 0.25) is 0 Å².